The summed E-state index contributed by atoms with van der Waals surface area (Å²) in [5.41, 5.74) is 11.0. The van der Waals surface area contributed by atoms with Crippen LogP contribution in [0.4, 0.5) is 5.69 Å². The molecule has 1 unspecified atom stereocenters. The lowest BCUT2D eigenvalue weighted by Crippen LogP contribution is -2.05. The highest BCUT2D eigenvalue weighted by Gasteiger charge is 2.25. The third-order valence-electron chi connectivity index (χ3n) is 4.72. The molecule has 2 atom stereocenters. The van der Waals surface area contributed by atoms with E-state index in [0.717, 1.165) is 17.5 Å². The van der Waals surface area contributed by atoms with Crippen LogP contribution in [0.15, 0.2) is 36.2 Å². The second-order valence-corrected chi connectivity index (χ2v) is 7.10. The maximum atomic E-state index is 4.50. The van der Waals surface area contributed by atoms with E-state index in [-0.39, 0.29) is 0 Å². The van der Waals surface area contributed by atoms with Gasteiger partial charge in [-0.25, -0.2) is 0 Å². The number of nitrogens with two attached hydrogens (primary N) is 1. The predicted octanol–water partition coefficient (Wildman–Crippen LogP) is 6.32. The third kappa shape index (κ3) is 3.57. The van der Waals surface area contributed by atoms with Gasteiger partial charge in [0, 0.05) is 22.5 Å². The van der Waals surface area contributed by atoms with Gasteiger partial charge in [0.15, 0.2) is 0 Å². The number of fused-ring (bicyclic) bond motifs is 3. The van der Waals surface area contributed by atoms with Gasteiger partial charge < -0.3 is 11.1 Å². The van der Waals surface area contributed by atoms with Crippen LogP contribution in [0.1, 0.15) is 56.4 Å². The molecule has 0 radical (unpaired) electrons. The van der Waals surface area contributed by atoms with Crippen LogP contribution in [-0.2, 0) is 0 Å². The molecule has 2 aromatic rings. The largest absolute Gasteiger partial charge is 0.354 e. The van der Waals surface area contributed by atoms with Crippen LogP contribution < -0.4 is 11.1 Å². The van der Waals surface area contributed by atoms with E-state index >= 15 is 0 Å². The minimum Gasteiger partial charge on any atom is -0.354 e. The zero-order valence-electron chi connectivity index (χ0n) is 15.4. The summed E-state index contributed by atoms with van der Waals surface area (Å²) < 4.78 is 0. The molecular weight excluding hydrogens is 312 g/mol. The van der Waals surface area contributed by atoms with Crippen LogP contribution in [0.2, 0.25) is 0 Å². The Bertz CT molecular complexity index is 687. The van der Waals surface area contributed by atoms with E-state index in [1.807, 2.05) is 13.8 Å². The summed E-state index contributed by atoms with van der Waals surface area (Å²) in [6.45, 7) is 10.5. The zero-order chi connectivity index (χ0) is 17.7. The average molecular weight is 343 g/mol. The van der Waals surface area contributed by atoms with E-state index in [0.29, 0.717) is 0 Å². The first-order valence-corrected chi connectivity index (χ1v) is 9.86. The van der Waals surface area contributed by atoms with Gasteiger partial charge >= 0.3 is 0 Å². The number of nitrogens with one attached hydrogen (secondary N) is 1. The molecule has 1 aromatic heterocycles. The van der Waals surface area contributed by atoms with Crippen LogP contribution in [0.3, 0.4) is 0 Å². The van der Waals surface area contributed by atoms with Gasteiger partial charge in [-0.15, -0.1) is 11.3 Å². The smallest absolute Gasteiger partial charge is 0.0578 e. The fraction of sp³-hybridized carbons (Fsp3) is 0.429. The number of thiophene rings is 1. The van der Waals surface area contributed by atoms with Gasteiger partial charge in [-0.05, 0) is 60.9 Å². The zero-order valence-corrected chi connectivity index (χ0v) is 16.2. The highest BCUT2D eigenvalue weighted by Crippen LogP contribution is 2.45. The molecule has 0 spiro atoms. The second-order valence-electron chi connectivity index (χ2n) is 6.19. The normalized spacial score (nSPS) is 20.6. The second kappa shape index (κ2) is 8.50. The quantitative estimate of drug-likeness (QED) is 0.636. The summed E-state index contributed by atoms with van der Waals surface area (Å²) in [6, 6.07) is 9.17. The molecule has 0 bridgehead atoms. The Hall–Kier alpha value is -1.58. The molecule has 130 valence electrons. The summed E-state index contributed by atoms with van der Waals surface area (Å²) in [5.74, 6) is 1.63. The van der Waals surface area contributed by atoms with E-state index in [9.17, 15) is 0 Å². The van der Waals surface area contributed by atoms with E-state index in [4.69, 9.17) is 0 Å². The van der Waals surface area contributed by atoms with Gasteiger partial charge in [0.2, 0.25) is 0 Å². The van der Waals surface area contributed by atoms with Gasteiger partial charge in [-0.1, -0.05) is 39.8 Å². The summed E-state index contributed by atoms with van der Waals surface area (Å²) in [4.78, 5) is 1.29. The number of hydrogen-bond donors (Lipinski definition) is 2. The number of rotatable bonds is 1. The Balaban J connectivity index is 0.000000487. The molecule has 24 heavy (non-hydrogen) atoms. The van der Waals surface area contributed by atoms with Crippen molar-refractivity contribution in [2.24, 2.45) is 11.7 Å². The first-order valence-electron chi connectivity index (χ1n) is 8.98. The van der Waals surface area contributed by atoms with Crippen LogP contribution in [0.25, 0.3) is 16.8 Å². The van der Waals surface area contributed by atoms with Crippen molar-refractivity contribution in [3.8, 4) is 11.1 Å². The molecule has 2 nitrogen and oxygen atoms in total. The summed E-state index contributed by atoms with van der Waals surface area (Å²) in [5, 5.41) is 5.61. The maximum absolute atomic E-state index is 4.50. The Morgan fingerprint density at radius 2 is 1.88 bits per heavy atom. The van der Waals surface area contributed by atoms with E-state index in [1.165, 1.54) is 53.6 Å². The van der Waals surface area contributed by atoms with Crippen molar-refractivity contribution in [3.63, 3.8) is 0 Å². The number of benzene rings is 1. The lowest BCUT2D eigenvalue weighted by molar-refractivity contribution is 0.596. The fourth-order valence-corrected chi connectivity index (χ4v) is 4.47. The molecule has 0 amide bonds. The van der Waals surface area contributed by atoms with Gasteiger partial charge in [0.05, 0.1) is 4.88 Å². The molecular formula is C21H30N2S. The highest BCUT2D eigenvalue weighted by molar-refractivity contribution is 7.11. The summed E-state index contributed by atoms with van der Waals surface area (Å²) in [7, 11) is 1.50. The van der Waals surface area contributed by atoms with Crippen molar-refractivity contribution in [1.82, 2.24) is 0 Å². The van der Waals surface area contributed by atoms with Crippen molar-refractivity contribution in [2.75, 3.05) is 12.4 Å². The lowest BCUT2D eigenvalue weighted by atomic mass is 9.91. The van der Waals surface area contributed by atoms with Crippen LogP contribution >= 0.6 is 11.3 Å². The third-order valence-corrected chi connectivity index (χ3v) is 5.70. The Kier molecular flexibility index (Phi) is 6.64. The molecule has 1 aliphatic heterocycles. The molecule has 1 aromatic carbocycles. The molecule has 3 heteroatoms. The standard InChI is InChI=1S/C18H19NS.C2H6.CH5N/c1-11-3-4-13(9-11)14-5-6-17-16(10-14)15-7-8-20-18(15)12(2)19-17;2*1-2/h5-8,10-11,13,19H,2-4,9H2,1H3;1-2H3;2H2,1H3/t11-,13?;;/m1../s1. The van der Waals surface area contributed by atoms with E-state index in [1.54, 1.807) is 11.3 Å². The first-order chi connectivity index (χ1) is 11.7. The molecule has 0 saturated heterocycles. The minimum atomic E-state index is 0.752. The Morgan fingerprint density at radius 1 is 1.12 bits per heavy atom. The first kappa shape index (κ1) is 18.8. The summed E-state index contributed by atoms with van der Waals surface area (Å²) >= 11 is 1.77. The molecule has 1 saturated carbocycles. The molecule has 2 heterocycles. The van der Waals surface area contributed by atoms with Crippen LogP contribution in [-0.4, -0.2) is 7.05 Å². The molecule has 1 fully saturated rings. The lowest BCUT2D eigenvalue weighted by Gasteiger charge is -2.22. The van der Waals surface area contributed by atoms with Crippen molar-refractivity contribution < 1.29 is 0 Å². The molecule has 2 aliphatic rings. The fourth-order valence-electron chi connectivity index (χ4n) is 3.63. The van der Waals surface area contributed by atoms with Crippen molar-refractivity contribution in [3.05, 3.63) is 46.7 Å². The Morgan fingerprint density at radius 3 is 2.54 bits per heavy atom. The topological polar surface area (TPSA) is 38.0 Å². The Labute approximate surface area is 150 Å². The number of anilines is 1. The van der Waals surface area contributed by atoms with Crippen molar-refractivity contribution in [1.29, 1.82) is 0 Å². The van der Waals surface area contributed by atoms with Crippen LogP contribution in [0, 0.1) is 5.92 Å². The van der Waals surface area contributed by atoms with Crippen molar-refractivity contribution in [2.45, 2.75) is 46.0 Å². The van der Waals surface area contributed by atoms with Crippen LogP contribution in [0.5, 0.6) is 0 Å². The van der Waals surface area contributed by atoms with E-state index in [2.05, 4.69) is 54.2 Å². The molecule has 4 rings (SSSR count). The average Bonchev–Trinajstić information content (AvgIpc) is 3.28. The van der Waals surface area contributed by atoms with Gasteiger partial charge in [-0.3, -0.25) is 0 Å². The van der Waals surface area contributed by atoms with E-state index < -0.39 is 0 Å². The van der Waals surface area contributed by atoms with Gasteiger partial charge in [-0.2, -0.15) is 0 Å². The molecule has 3 N–H and O–H groups in total. The van der Waals surface area contributed by atoms with Gasteiger partial charge in [0.25, 0.3) is 0 Å². The SMILES string of the molecule is C=C1Nc2ccc(C3CC[C@@H](C)C3)cc2-c2ccsc21.CC.CN. The minimum absolute atomic E-state index is 0.752. The highest BCUT2D eigenvalue weighted by atomic mass is 32.1. The summed E-state index contributed by atoms with van der Waals surface area (Å²) in [6.07, 6.45) is 4.06. The number of hydrogen-bond acceptors (Lipinski definition) is 3. The van der Waals surface area contributed by atoms with Gasteiger partial charge in [0.1, 0.15) is 0 Å². The maximum Gasteiger partial charge on any atom is 0.0578 e. The predicted molar refractivity (Wildman–Crippen MR) is 110 cm³/mol. The molecule has 1 aliphatic carbocycles. The monoisotopic (exact) mass is 342 g/mol. The van der Waals surface area contributed by atoms with Crippen molar-refractivity contribution >= 4 is 22.7 Å².